The number of aliphatic hydroxyl groups is 3. The molecule has 0 aliphatic carbocycles. The highest BCUT2D eigenvalue weighted by Gasteiger charge is 2.09. The normalized spacial score (nSPS) is 9.33. The van der Waals surface area contributed by atoms with Gasteiger partial charge < -0.3 is 20.1 Å². The molecule has 12 heavy (non-hydrogen) atoms. The maximum absolute atomic E-state index is 10.8. The van der Waals surface area contributed by atoms with Crippen LogP contribution in [0.2, 0.25) is 0 Å². The Labute approximate surface area is 69.9 Å². The molecule has 0 aromatic heterocycles. The van der Waals surface area contributed by atoms with E-state index in [1.165, 1.54) is 6.92 Å². The minimum Gasteiger partial charge on any atom is -0.435 e. The summed E-state index contributed by atoms with van der Waals surface area (Å²) in [5.74, 6) is -0.740. The summed E-state index contributed by atoms with van der Waals surface area (Å²) < 4.78 is 4.22. The molecule has 3 N–H and O–H groups in total. The predicted octanol–water partition coefficient (Wildman–Crippen LogP) is -1.22. The molecule has 0 saturated carbocycles. The molecule has 0 aliphatic rings. The highest BCUT2D eigenvalue weighted by Crippen LogP contribution is 2.04. The highest BCUT2D eigenvalue weighted by molar-refractivity contribution is 5.88. The molecule has 0 bridgehead atoms. The molecule has 0 radical (unpaired) electrons. The monoisotopic (exact) mass is 176 g/mol. The Balaban J connectivity index is 4.39. The number of rotatable bonds is 4. The average molecular weight is 176 g/mol. The zero-order valence-electron chi connectivity index (χ0n) is 6.78. The third-order valence-electron chi connectivity index (χ3n) is 1.41. The lowest BCUT2D eigenvalue weighted by Crippen LogP contribution is -2.12. The minimum absolute atomic E-state index is 0.119. The first-order valence-electron chi connectivity index (χ1n) is 3.35. The number of ether oxygens (including phenoxy) is 1. The van der Waals surface area contributed by atoms with Crippen molar-refractivity contribution in [2.45, 2.75) is 6.92 Å². The van der Waals surface area contributed by atoms with Gasteiger partial charge in [-0.1, -0.05) is 0 Å². The van der Waals surface area contributed by atoms with Gasteiger partial charge in [0.1, 0.15) is 0 Å². The number of carbonyl (C=O) groups excluding carboxylic acids is 1. The van der Waals surface area contributed by atoms with Gasteiger partial charge in [-0.15, -0.1) is 0 Å². The van der Waals surface area contributed by atoms with Crippen LogP contribution in [-0.2, 0) is 9.53 Å². The topological polar surface area (TPSA) is 87.0 Å². The van der Waals surface area contributed by atoms with Gasteiger partial charge >= 0.3 is 5.97 Å². The Morgan fingerprint density at radius 2 is 1.75 bits per heavy atom. The lowest BCUT2D eigenvalue weighted by atomic mass is 10.1. The molecule has 5 nitrogen and oxygen atoms in total. The SMILES string of the molecule is CC(C(=O)OCO)=C(CO)CO. The summed E-state index contributed by atoms with van der Waals surface area (Å²) >= 11 is 0. The van der Waals surface area contributed by atoms with E-state index in [2.05, 4.69) is 4.74 Å². The van der Waals surface area contributed by atoms with Crippen LogP contribution in [0.25, 0.3) is 0 Å². The first-order chi connectivity index (χ1) is 5.67. The molecular weight excluding hydrogens is 164 g/mol. The van der Waals surface area contributed by atoms with Gasteiger partial charge in [0.05, 0.1) is 13.2 Å². The Bertz CT molecular complexity index is 178. The smallest absolute Gasteiger partial charge is 0.335 e. The quantitative estimate of drug-likeness (QED) is 0.284. The summed E-state index contributed by atoms with van der Waals surface area (Å²) in [6.45, 7) is -0.105. The molecule has 0 fully saturated rings. The fourth-order valence-electron chi connectivity index (χ4n) is 0.598. The van der Waals surface area contributed by atoms with Crippen molar-refractivity contribution in [3.05, 3.63) is 11.1 Å². The van der Waals surface area contributed by atoms with E-state index in [9.17, 15) is 4.79 Å². The van der Waals surface area contributed by atoms with Gasteiger partial charge in [0.2, 0.25) is 0 Å². The zero-order valence-corrected chi connectivity index (χ0v) is 6.78. The van der Waals surface area contributed by atoms with Gasteiger partial charge in [-0.25, -0.2) is 4.79 Å². The Kier molecular flexibility index (Phi) is 5.27. The lowest BCUT2D eigenvalue weighted by Gasteiger charge is -2.05. The maximum atomic E-state index is 10.8. The molecular formula is C7H12O5. The third kappa shape index (κ3) is 3.00. The molecule has 70 valence electrons. The van der Waals surface area contributed by atoms with Crippen LogP contribution in [0.5, 0.6) is 0 Å². The molecule has 0 unspecified atom stereocenters. The van der Waals surface area contributed by atoms with Crippen LogP contribution < -0.4 is 0 Å². The lowest BCUT2D eigenvalue weighted by molar-refractivity contribution is -0.147. The van der Waals surface area contributed by atoms with E-state index in [4.69, 9.17) is 15.3 Å². The minimum atomic E-state index is -0.740. The summed E-state index contributed by atoms with van der Waals surface area (Å²) in [5, 5.41) is 25.5. The Hall–Kier alpha value is -0.910. The van der Waals surface area contributed by atoms with E-state index < -0.39 is 26.0 Å². The van der Waals surface area contributed by atoms with Crippen LogP contribution in [0, 0.1) is 0 Å². The maximum Gasteiger partial charge on any atom is 0.335 e. The number of aliphatic hydroxyl groups excluding tert-OH is 3. The van der Waals surface area contributed by atoms with Crippen LogP contribution in [-0.4, -0.2) is 41.3 Å². The fourth-order valence-corrected chi connectivity index (χ4v) is 0.598. The van der Waals surface area contributed by atoms with Crippen molar-refractivity contribution in [2.24, 2.45) is 0 Å². The number of hydrogen-bond acceptors (Lipinski definition) is 5. The van der Waals surface area contributed by atoms with Crippen molar-refractivity contribution in [3.8, 4) is 0 Å². The van der Waals surface area contributed by atoms with Crippen molar-refractivity contribution >= 4 is 5.97 Å². The number of carbonyl (C=O) groups is 1. The molecule has 0 aromatic rings. The Morgan fingerprint density at radius 3 is 2.08 bits per heavy atom. The van der Waals surface area contributed by atoms with Gasteiger partial charge in [0.15, 0.2) is 6.79 Å². The molecule has 0 aliphatic heterocycles. The second kappa shape index (κ2) is 5.70. The van der Waals surface area contributed by atoms with E-state index in [0.29, 0.717) is 0 Å². The third-order valence-corrected chi connectivity index (χ3v) is 1.41. The zero-order chi connectivity index (χ0) is 9.56. The fraction of sp³-hybridized carbons (Fsp3) is 0.571. The largest absolute Gasteiger partial charge is 0.435 e. The van der Waals surface area contributed by atoms with Crippen molar-refractivity contribution in [1.82, 2.24) is 0 Å². The van der Waals surface area contributed by atoms with Crippen LogP contribution in [0.1, 0.15) is 6.92 Å². The van der Waals surface area contributed by atoms with Crippen LogP contribution in [0.3, 0.4) is 0 Å². The number of esters is 1. The summed E-state index contributed by atoms with van der Waals surface area (Å²) in [7, 11) is 0. The highest BCUT2D eigenvalue weighted by atomic mass is 16.6. The van der Waals surface area contributed by atoms with Crippen LogP contribution in [0.4, 0.5) is 0 Å². The van der Waals surface area contributed by atoms with E-state index in [1.807, 2.05) is 0 Å². The first-order valence-corrected chi connectivity index (χ1v) is 3.35. The van der Waals surface area contributed by atoms with E-state index >= 15 is 0 Å². The standard InChI is InChI=1S/C7H12O5/c1-5(6(2-8)3-9)7(11)12-4-10/h8-10H,2-4H2,1H3. The molecule has 0 heterocycles. The second-order valence-electron chi connectivity index (χ2n) is 2.11. The van der Waals surface area contributed by atoms with E-state index in [0.717, 1.165) is 0 Å². The van der Waals surface area contributed by atoms with Gasteiger partial charge in [-0.2, -0.15) is 0 Å². The molecule has 0 spiro atoms. The van der Waals surface area contributed by atoms with Gasteiger partial charge in [0, 0.05) is 5.57 Å². The average Bonchev–Trinajstić information content (AvgIpc) is 2.07. The van der Waals surface area contributed by atoms with E-state index in [1.54, 1.807) is 0 Å². The summed E-state index contributed by atoms with van der Waals surface area (Å²) in [4.78, 5) is 10.8. The van der Waals surface area contributed by atoms with Crippen molar-refractivity contribution in [3.63, 3.8) is 0 Å². The first kappa shape index (κ1) is 11.1. The predicted molar refractivity (Wildman–Crippen MR) is 40.0 cm³/mol. The van der Waals surface area contributed by atoms with Gasteiger partial charge in [0.25, 0.3) is 0 Å². The molecule has 0 saturated heterocycles. The molecule has 5 heteroatoms. The summed E-state index contributed by atoms with van der Waals surface area (Å²) in [6, 6.07) is 0. The summed E-state index contributed by atoms with van der Waals surface area (Å²) in [6.07, 6.45) is 0. The molecule has 0 aromatic carbocycles. The van der Waals surface area contributed by atoms with Gasteiger partial charge in [-0.05, 0) is 12.5 Å². The Morgan fingerprint density at radius 1 is 1.25 bits per heavy atom. The van der Waals surface area contributed by atoms with Crippen molar-refractivity contribution in [2.75, 3.05) is 20.0 Å². The van der Waals surface area contributed by atoms with Crippen LogP contribution >= 0.6 is 0 Å². The molecule has 0 amide bonds. The van der Waals surface area contributed by atoms with E-state index in [-0.39, 0.29) is 11.1 Å². The van der Waals surface area contributed by atoms with Gasteiger partial charge in [-0.3, -0.25) is 0 Å². The second-order valence-corrected chi connectivity index (χ2v) is 2.11. The summed E-state index contributed by atoms with van der Waals surface area (Å²) in [5.41, 5.74) is 0.308. The molecule has 0 atom stereocenters. The number of hydrogen-bond donors (Lipinski definition) is 3. The van der Waals surface area contributed by atoms with Crippen LogP contribution in [0.15, 0.2) is 11.1 Å². The van der Waals surface area contributed by atoms with Crippen molar-refractivity contribution in [1.29, 1.82) is 0 Å². The van der Waals surface area contributed by atoms with Crippen molar-refractivity contribution < 1.29 is 24.9 Å². The molecule has 0 rings (SSSR count).